The van der Waals surface area contributed by atoms with Gasteiger partial charge in [0.1, 0.15) is 0 Å². The number of methoxy groups -OCH3 is 1. The predicted molar refractivity (Wildman–Crippen MR) is 125 cm³/mol. The van der Waals surface area contributed by atoms with Crippen LogP contribution in [0, 0.1) is 0 Å². The molecule has 0 spiro atoms. The molecule has 170 valence electrons. The summed E-state index contributed by atoms with van der Waals surface area (Å²) in [6, 6.07) is 6.90. The summed E-state index contributed by atoms with van der Waals surface area (Å²) in [6.07, 6.45) is 2.80. The molecule has 0 radical (unpaired) electrons. The van der Waals surface area contributed by atoms with Crippen LogP contribution in [-0.4, -0.2) is 48.3 Å². The molecule has 0 aliphatic carbocycles. The van der Waals surface area contributed by atoms with E-state index in [1.54, 1.807) is 6.07 Å². The fraction of sp³-hybridized carbons (Fsp3) is 0.435. The summed E-state index contributed by atoms with van der Waals surface area (Å²) in [5.74, 6) is -0.551. The number of ether oxygens (including phenoxy) is 2. The lowest BCUT2D eigenvalue weighted by Gasteiger charge is -2.37. The zero-order valence-corrected chi connectivity index (χ0v) is 19.7. The van der Waals surface area contributed by atoms with Gasteiger partial charge in [-0.05, 0) is 36.3 Å². The van der Waals surface area contributed by atoms with Crippen LogP contribution in [0.4, 0.5) is 0 Å². The van der Waals surface area contributed by atoms with Gasteiger partial charge in [0.2, 0.25) is 5.91 Å². The number of carbonyl (C=O) groups is 2. The molecule has 32 heavy (non-hydrogen) atoms. The third-order valence-electron chi connectivity index (χ3n) is 5.72. The highest BCUT2D eigenvalue weighted by molar-refractivity contribution is 8.16. The van der Waals surface area contributed by atoms with E-state index in [0.717, 1.165) is 35.9 Å². The van der Waals surface area contributed by atoms with E-state index in [1.165, 1.54) is 18.9 Å². The standard InChI is InChI=1S/C23H26ClN3O4S/c1-3-18-20(22(29)30-2)21(16-8-4-5-9-17(16)24)27-14(13-32-23(27)26-18)11-19(28)25-12-15-7-6-10-31-15/h4-5,8-9,13,15,21H,3,6-7,10-12H2,1-2H3,(H,25,28). The van der Waals surface area contributed by atoms with Crippen molar-refractivity contribution in [3.63, 3.8) is 0 Å². The largest absolute Gasteiger partial charge is 0.466 e. The Morgan fingerprint density at radius 3 is 2.88 bits per heavy atom. The van der Waals surface area contributed by atoms with Gasteiger partial charge < -0.3 is 19.7 Å². The van der Waals surface area contributed by atoms with Crippen LogP contribution in [0.5, 0.6) is 0 Å². The van der Waals surface area contributed by atoms with Crippen LogP contribution in [0.1, 0.15) is 44.2 Å². The number of rotatable bonds is 7. The van der Waals surface area contributed by atoms with Crippen molar-refractivity contribution in [2.75, 3.05) is 20.3 Å². The number of nitrogens with zero attached hydrogens (tertiary/aromatic N) is 2. The molecule has 2 unspecified atom stereocenters. The second kappa shape index (κ2) is 10.1. The van der Waals surface area contributed by atoms with Gasteiger partial charge in [-0.1, -0.05) is 48.5 Å². The van der Waals surface area contributed by atoms with E-state index in [4.69, 9.17) is 26.1 Å². The number of benzene rings is 1. The highest BCUT2D eigenvalue weighted by Crippen LogP contribution is 2.46. The van der Waals surface area contributed by atoms with Crippen molar-refractivity contribution in [2.45, 2.75) is 44.8 Å². The van der Waals surface area contributed by atoms with E-state index in [1.807, 2.05) is 35.4 Å². The van der Waals surface area contributed by atoms with Crippen LogP contribution in [0.2, 0.25) is 5.02 Å². The Hall–Kier alpha value is -2.29. The fourth-order valence-electron chi connectivity index (χ4n) is 4.16. The Labute approximate surface area is 196 Å². The number of carbonyl (C=O) groups excluding carboxylic acids is 2. The average molecular weight is 476 g/mol. The van der Waals surface area contributed by atoms with Crippen molar-refractivity contribution < 1.29 is 19.1 Å². The number of amides is 1. The summed E-state index contributed by atoms with van der Waals surface area (Å²) in [6.45, 7) is 3.20. The summed E-state index contributed by atoms with van der Waals surface area (Å²) in [5, 5.41) is 6.15. The molecule has 3 aliphatic rings. The van der Waals surface area contributed by atoms with Gasteiger partial charge in [0.15, 0.2) is 5.17 Å². The average Bonchev–Trinajstić information content (AvgIpc) is 3.46. The lowest BCUT2D eigenvalue weighted by Crippen LogP contribution is -2.39. The number of fused-ring (bicyclic) bond motifs is 1. The van der Waals surface area contributed by atoms with Crippen molar-refractivity contribution >= 4 is 40.4 Å². The third-order valence-corrected chi connectivity index (χ3v) is 6.95. The second-order valence-corrected chi connectivity index (χ2v) is 8.98. The fourth-order valence-corrected chi connectivity index (χ4v) is 5.34. The molecule has 0 saturated carbocycles. The Balaban J connectivity index is 1.64. The molecule has 1 saturated heterocycles. The number of aliphatic imine (C=N–C) groups is 1. The molecule has 1 aromatic carbocycles. The minimum atomic E-state index is -0.522. The number of thioether (sulfide) groups is 1. The summed E-state index contributed by atoms with van der Waals surface area (Å²) in [4.78, 5) is 32.2. The third kappa shape index (κ3) is 4.58. The van der Waals surface area contributed by atoms with Gasteiger partial charge >= 0.3 is 5.97 Å². The van der Waals surface area contributed by atoms with Crippen molar-refractivity contribution in [3.8, 4) is 0 Å². The number of halogens is 1. The number of hydrogen-bond donors (Lipinski definition) is 1. The monoisotopic (exact) mass is 475 g/mol. The number of allylic oxidation sites excluding steroid dienone is 1. The molecule has 1 amide bonds. The van der Waals surface area contributed by atoms with Crippen LogP contribution >= 0.6 is 23.4 Å². The van der Waals surface area contributed by atoms with Gasteiger partial charge in [-0.3, -0.25) is 4.79 Å². The Morgan fingerprint density at radius 2 is 2.19 bits per heavy atom. The normalized spacial score (nSPS) is 22.4. The second-order valence-electron chi connectivity index (χ2n) is 7.74. The summed E-state index contributed by atoms with van der Waals surface area (Å²) in [7, 11) is 1.36. The molecule has 0 aromatic heterocycles. The molecule has 9 heteroatoms. The zero-order chi connectivity index (χ0) is 22.7. The van der Waals surface area contributed by atoms with Crippen LogP contribution < -0.4 is 5.32 Å². The Morgan fingerprint density at radius 1 is 1.38 bits per heavy atom. The van der Waals surface area contributed by atoms with Crippen molar-refractivity contribution in [1.29, 1.82) is 0 Å². The summed E-state index contributed by atoms with van der Waals surface area (Å²) < 4.78 is 10.7. The van der Waals surface area contributed by atoms with E-state index >= 15 is 0 Å². The first-order valence-corrected chi connectivity index (χ1v) is 12.0. The molecular weight excluding hydrogens is 450 g/mol. The number of esters is 1. The van der Waals surface area contributed by atoms with Gasteiger partial charge in [-0.2, -0.15) is 0 Å². The maximum absolute atomic E-state index is 12.9. The molecule has 1 N–H and O–H groups in total. The number of amidine groups is 1. The minimum Gasteiger partial charge on any atom is -0.466 e. The van der Waals surface area contributed by atoms with E-state index in [0.29, 0.717) is 29.3 Å². The summed E-state index contributed by atoms with van der Waals surface area (Å²) in [5.41, 5.74) is 2.64. The number of hydrogen-bond acceptors (Lipinski definition) is 7. The van der Waals surface area contributed by atoms with E-state index in [9.17, 15) is 9.59 Å². The van der Waals surface area contributed by atoms with Crippen LogP contribution in [0.25, 0.3) is 0 Å². The molecule has 2 atom stereocenters. The van der Waals surface area contributed by atoms with E-state index in [2.05, 4.69) is 5.32 Å². The van der Waals surface area contributed by atoms with Gasteiger partial charge in [-0.15, -0.1) is 0 Å². The smallest absolute Gasteiger partial charge is 0.338 e. The van der Waals surface area contributed by atoms with Crippen LogP contribution in [0.3, 0.4) is 0 Å². The summed E-state index contributed by atoms with van der Waals surface area (Å²) >= 11 is 8.01. The van der Waals surface area contributed by atoms with E-state index < -0.39 is 12.0 Å². The van der Waals surface area contributed by atoms with Crippen molar-refractivity contribution in [1.82, 2.24) is 10.2 Å². The minimum absolute atomic E-state index is 0.0786. The highest BCUT2D eigenvalue weighted by Gasteiger charge is 2.42. The topological polar surface area (TPSA) is 80.2 Å². The lowest BCUT2D eigenvalue weighted by atomic mass is 9.93. The quantitative estimate of drug-likeness (QED) is 0.596. The highest BCUT2D eigenvalue weighted by atomic mass is 35.5. The first-order chi connectivity index (χ1) is 15.5. The van der Waals surface area contributed by atoms with Crippen molar-refractivity contribution in [3.05, 3.63) is 57.2 Å². The van der Waals surface area contributed by atoms with Crippen LogP contribution in [-0.2, 0) is 19.1 Å². The van der Waals surface area contributed by atoms with Crippen molar-refractivity contribution in [2.24, 2.45) is 4.99 Å². The molecule has 1 fully saturated rings. The van der Waals surface area contributed by atoms with Gasteiger partial charge in [-0.25, -0.2) is 9.79 Å². The maximum Gasteiger partial charge on any atom is 0.338 e. The predicted octanol–water partition coefficient (Wildman–Crippen LogP) is 4.16. The SMILES string of the molecule is CCC1=C(C(=O)OC)C(c2ccccc2Cl)N2C(CC(=O)NCC3CCCO3)=CSC2=N1. The van der Waals surface area contributed by atoms with Crippen LogP contribution in [0.15, 0.2) is 51.6 Å². The molecule has 7 nitrogen and oxygen atoms in total. The molecule has 4 rings (SSSR count). The van der Waals surface area contributed by atoms with E-state index in [-0.39, 0.29) is 18.4 Å². The lowest BCUT2D eigenvalue weighted by molar-refractivity contribution is -0.136. The first-order valence-electron chi connectivity index (χ1n) is 10.7. The Bertz CT molecular complexity index is 1000. The molecule has 3 heterocycles. The molecule has 0 bridgehead atoms. The molecule has 3 aliphatic heterocycles. The Kier molecular flexibility index (Phi) is 7.23. The van der Waals surface area contributed by atoms with Gasteiger partial charge in [0, 0.05) is 23.9 Å². The zero-order valence-electron chi connectivity index (χ0n) is 18.1. The molecular formula is C23H26ClN3O4S. The van der Waals surface area contributed by atoms with Gasteiger partial charge in [0.25, 0.3) is 0 Å². The van der Waals surface area contributed by atoms with Gasteiger partial charge in [0.05, 0.1) is 36.9 Å². The molecule has 1 aromatic rings. The number of nitrogens with one attached hydrogen (secondary N) is 1. The maximum atomic E-state index is 12.9. The first kappa shape index (κ1) is 22.9.